The first kappa shape index (κ1) is 19.2. The molecule has 3 rings (SSSR count). The molecule has 0 fully saturated rings. The first-order valence-electron chi connectivity index (χ1n) is 8.26. The fraction of sp³-hybridized carbons (Fsp3) is 0.100. The number of pyridine rings is 1. The van der Waals surface area contributed by atoms with E-state index in [-0.39, 0.29) is 11.3 Å². The van der Waals surface area contributed by atoms with Crippen LogP contribution in [0, 0.1) is 11.3 Å². The van der Waals surface area contributed by atoms with E-state index in [2.05, 4.69) is 10.3 Å². The van der Waals surface area contributed by atoms with Crippen molar-refractivity contribution in [3.05, 3.63) is 70.5 Å². The molecule has 1 heterocycles. The molecule has 140 valence electrons. The van der Waals surface area contributed by atoms with Gasteiger partial charge in [-0.3, -0.25) is 9.59 Å². The molecule has 7 nitrogen and oxygen atoms in total. The first-order chi connectivity index (χ1) is 13.6. The van der Waals surface area contributed by atoms with E-state index in [0.29, 0.717) is 16.6 Å². The number of benzene rings is 2. The van der Waals surface area contributed by atoms with E-state index in [1.807, 2.05) is 6.07 Å². The highest BCUT2D eigenvalue weighted by Gasteiger charge is 2.15. The third-order valence-corrected chi connectivity index (χ3v) is 4.70. The lowest BCUT2D eigenvalue weighted by Gasteiger charge is -2.10. The van der Waals surface area contributed by atoms with Crippen LogP contribution in [0.3, 0.4) is 0 Å². The number of thioether (sulfide) groups is 1. The Bertz CT molecular complexity index is 1130. The van der Waals surface area contributed by atoms with Crippen molar-refractivity contribution in [3.63, 3.8) is 0 Å². The molecule has 0 radical (unpaired) electrons. The second kappa shape index (κ2) is 8.88. The molecule has 8 heteroatoms. The van der Waals surface area contributed by atoms with Gasteiger partial charge in [0.15, 0.2) is 6.61 Å². The number of carbonyl (C=O) groups excluding carboxylic acids is 2. The lowest BCUT2D eigenvalue weighted by Crippen LogP contribution is -2.22. The van der Waals surface area contributed by atoms with E-state index in [1.165, 1.54) is 11.8 Å². The van der Waals surface area contributed by atoms with Crippen molar-refractivity contribution in [2.75, 3.05) is 17.7 Å². The van der Waals surface area contributed by atoms with Gasteiger partial charge in [-0.05, 0) is 18.2 Å². The van der Waals surface area contributed by atoms with Crippen LogP contribution in [0.5, 0.6) is 0 Å². The number of hydrogen-bond donors (Lipinski definition) is 2. The monoisotopic (exact) mass is 393 g/mol. The second-order valence-electron chi connectivity index (χ2n) is 5.66. The Balaban J connectivity index is 1.68. The average Bonchev–Trinajstić information content (AvgIpc) is 2.70. The predicted molar refractivity (Wildman–Crippen MR) is 106 cm³/mol. The fourth-order valence-electron chi connectivity index (χ4n) is 2.57. The summed E-state index contributed by atoms with van der Waals surface area (Å²) in [5.74, 6) is -1.03. The molecule has 1 aromatic heterocycles. The zero-order chi connectivity index (χ0) is 19.9. The van der Waals surface area contributed by atoms with Gasteiger partial charge in [-0.15, -0.1) is 11.8 Å². The normalized spacial score (nSPS) is 10.2. The van der Waals surface area contributed by atoms with Gasteiger partial charge in [0.1, 0.15) is 0 Å². The minimum atomic E-state index is -0.760. The molecule has 3 aromatic rings. The maximum atomic E-state index is 12.4. The predicted octanol–water partition coefficient (Wildman–Crippen LogP) is 2.94. The maximum Gasteiger partial charge on any atom is 0.339 e. The Hall–Kier alpha value is -3.57. The zero-order valence-electron chi connectivity index (χ0n) is 14.6. The summed E-state index contributed by atoms with van der Waals surface area (Å²) in [7, 11) is 0. The molecule has 0 atom stereocenters. The van der Waals surface area contributed by atoms with E-state index in [1.54, 1.807) is 48.5 Å². The molecule has 0 aliphatic rings. The Morgan fingerprint density at radius 3 is 2.71 bits per heavy atom. The highest BCUT2D eigenvalue weighted by atomic mass is 32.2. The van der Waals surface area contributed by atoms with Crippen LogP contribution >= 0.6 is 11.8 Å². The molecule has 0 saturated carbocycles. The number of ether oxygens (including phenoxy) is 1. The number of carbonyl (C=O) groups is 2. The van der Waals surface area contributed by atoms with E-state index in [9.17, 15) is 14.4 Å². The number of rotatable bonds is 6. The SMILES string of the molecule is N#CCSc1ccccc1NC(=O)COC(=O)c1cc(=O)[nH]c2ccccc12. The standard InChI is InChI=1S/C20H15N3O4S/c21-9-10-28-17-8-4-3-7-16(17)23-19(25)12-27-20(26)14-11-18(24)22-15-6-2-1-5-13(14)15/h1-8,11H,10,12H2,(H,22,24)(H,23,25). The summed E-state index contributed by atoms with van der Waals surface area (Å²) in [4.78, 5) is 39.7. The molecule has 0 saturated heterocycles. The maximum absolute atomic E-state index is 12.4. The van der Waals surface area contributed by atoms with Crippen molar-refractivity contribution >= 4 is 40.2 Å². The van der Waals surface area contributed by atoms with Crippen molar-refractivity contribution in [1.29, 1.82) is 5.26 Å². The molecule has 0 spiro atoms. The largest absolute Gasteiger partial charge is 0.452 e. The van der Waals surface area contributed by atoms with Gasteiger partial charge in [0, 0.05) is 21.9 Å². The Kier molecular flexibility index (Phi) is 6.09. The smallest absolute Gasteiger partial charge is 0.339 e. The van der Waals surface area contributed by atoms with Crippen LogP contribution in [0.4, 0.5) is 5.69 Å². The third-order valence-electron chi connectivity index (χ3n) is 3.76. The van der Waals surface area contributed by atoms with E-state index >= 15 is 0 Å². The lowest BCUT2D eigenvalue weighted by molar-refractivity contribution is -0.119. The van der Waals surface area contributed by atoms with Gasteiger partial charge in [-0.25, -0.2) is 4.79 Å². The number of H-pyrrole nitrogens is 1. The summed E-state index contributed by atoms with van der Waals surface area (Å²) in [6.45, 7) is -0.503. The molecule has 2 N–H and O–H groups in total. The highest BCUT2D eigenvalue weighted by molar-refractivity contribution is 7.99. The van der Waals surface area contributed by atoms with Gasteiger partial charge in [-0.1, -0.05) is 30.3 Å². The van der Waals surface area contributed by atoms with Crippen LogP contribution in [0.15, 0.2) is 64.3 Å². The summed E-state index contributed by atoms with van der Waals surface area (Å²) in [6, 6.07) is 17.0. The van der Waals surface area contributed by atoms with Crippen LogP contribution in [-0.4, -0.2) is 29.2 Å². The zero-order valence-corrected chi connectivity index (χ0v) is 15.4. The van der Waals surface area contributed by atoms with Crippen molar-refractivity contribution < 1.29 is 14.3 Å². The van der Waals surface area contributed by atoms with Gasteiger partial charge in [-0.2, -0.15) is 5.26 Å². The Morgan fingerprint density at radius 1 is 1.14 bits per heavy atom. The van der Waals surface area contributed by atoms with Crippen molar-refractivity contribution in [2.45, 2.75) is 4.90 Å². The van der Waals surface area contributed by atoms with Crippen LogP contribution in [0.1, 0.15) is 10.4 Å². The molecular weight excluding hydrogens is 378 g/mol. The van der Waals surface area contributed by atoms with Crippen LogP contribution in [-0.2, 0) is 9.53 Å². The Labute approximate surface area is 164 Å². The van der Waals surface area contributed by atoms with Gasteiger partial charge < -0.3 is 15.0 Å². The number of nitriles is 1. The number of fused-ring (bicyclic) bond motifs is 1. The minimum absolute atomic E-state index is 0.0946. The topological polar surface area (TPSA) is 112 Å². The van der Waals surface area contributed by atoms with E-state index in [0.717, 1.165) is 11.0 Å². The highest BCUT2D eigenvalue weighted by Crippen LogP contribution is 2.26. The summed E-state index contributed by atoms with van der Waals surface area (Å²) in [5.41, 5.74) is 0.705. The summed E-state index contributed by atoms with van der Waals surface area (Å²) in [5, 5.41) is 11.9. The molecule has 2 aromatic carbocycles. The number of esters is 1. The van der Waals surface area contributed by atoms with Gasteiger partial charge >= 0.3 is 5.97 Å². The number of nitrogens with one attached hydrogen (secondary N) is 2. The minimum Gasteiger partial charge on any atom is -0.452 e. The number of hydrogen-bond acceptors (Lipinski definition) is 6. The second-order valence-corrected chi connectivity index (χ2v) is 6.68. The first-order valence-corrected chi connectivity index (χ1v) is 9.25. The van der Waals surface area contributed by atoms with E-state index in [4.69, 9.17) is 10.00 Å². The lowest BCUT2D eigenvalue weighted by atomic mass is 10.1. The molecule has 0 aliphatic heterocycles. The van der Waals surface area contributed by atoms with Crippen molar-refractivity contribution in [3.8, 4) is 6.07 Å². The molecule has 0 bridgehead atoms. The number of aromatic amines is 1. The Morgan fingerprint density at radius 2 is 1.89 bits per heavy atom. The van der Waals surface area contributed by atoms with Crippen molar-refractivity contribution in [1.82, 2.24) is 4.98 Å². The molecule has 28 heavy (non-hydrogen) atoms. The number of anilines is 1. The molecule has 1 amide bonds. The molecule has 0 unspecified atom stereocenters. The summed E-state index contributed by atoms with van der Waals surface area (Å²) in [6.07, 6.45) is 0. The molecular formula is C20H15N3O4S. The van der Waals surface area contributed by atoms with Crippen LogP contribution in [0.2, 0.25) is 0 Å². The summed E-state index contributed by atoms with van der Waals surface area (Å²) < 4.78 is 5.08. The third kappa shape index (κ3) is 4.58. The van der Waals surface area contributed by atoms with Gasteiger partial charge in [0.2, 0.25) is 5.56 Å². The summed E-state index contributed by atoms with van der Waals surface area (Å²) >= 11 is 1.29. The number of para-hydroxylation sites is 2. The average molecular weight is 393 g/mol. The van der Waals surface area contributed by atoms with Crippen molar-refractivity contribution in [2.24, 2.45) is 0 Å². The van der Waals surface area contributed by atoms with E-state index < -0.39 is 24.0 Å². The number of amides is 1. The van der Waals surface area contributed by atoms with Crippen LogP contribution < -0.4 is 10.9 Å². The van der Waals surface area contributed by atoms with Crippen LogP contribution in [0.25, 0.3) is 10.9 Å². The fourth-order valence-corrected chi connectivity index (χ4v) is 3.24. The number of aromatic nitrogens is 1. The number of nitrogens with zero attached hydrogens (tertiary/aromatic N) is 1. The molecule has 0 aliphatic carbocycles. The van der Waals surface area contributed by atoms with Gasteiger partial charge in [0.05, 0.1) is 23.1 Å². The van der Waals surface area contributed by atoms with Gasteiger partial charge in [0.25, 0.3) is 5.91 Å². The quantitative estimate of drug-likeness (QED) is 0.492.